The van der Waals surface area contributed by atoms with Gasteiger partial charge in [0.2, 0.25) is 10.0 Å². The molecule has 1 atom stereocenters. The Hall–Kier alpha value is 0.160. The van der Waals surface area contributed by atoms with Gasteiger partial charge in [-0.1, -0.05) is 13.3 Å². The van der Waals surface area contributed by atoms with Gasteiger partial charge >= 0.3 is 0 Å². The average Bonchev–Trinajstić information content (AvgIpc) is 2.52. The van der Waals surface area contributed by atoms with Gasteiger partial charge in [0, 0.05) is 12.6 Å². The number of hydrogen-bond donors (Lipinski definition) is 2. The van der Waals surface area contributed by atoms with Gasteiger partial charge in [-0.05, 0) is 19.4 Å². The number of hydrogen-bond acceptors (Lipinski definition) is 3. The van der Waals surface area contributed by atoms with Crippen LogP contribution in [0.4, 0.5) is 0 Å². The van der Waals surface area contributed by atoms with Gasteiger partial charge in [0.05, 0.1) is 5.75 Å². The fraction of sp³-hybridized carbons (Fsp3) is 1.00. The van der Waals surface area contributed by atoms with E-state index in [2.05, 4.69) is 10.0 Å². The normalized spacial score (nSPS) is 21.9. The fourth-order valence-corrected chi connectivity index (χ4v) is 2.90. The van der Waals surface area contributed by atoms with Crippen molar-refractivity contribution in [1.82, 2.24) is 10.0 Å². The summed E-state index contributed by atoms with van der Waals surface area (Å²) >= 11 is 0. The minimum absolute atomic E-state index is 0. The molecule has 14 heavy (non-hydrogen) atoms. The monoisotopic (exact) mass is 242 g/mol. The van der Waals surface area contributed by atoms with Crippen LogP contribution in [0.25, 0.3) is 0 Å². The van der Waals surface area contributed by atoms with E-state index in [1.807, 2.05) is 6.92 Å². The smallest absolute Gasteiger partial charge is 0.211 e. The number of halogens is 1. The highest BCUT2D eigenvalue weighted by Crippen LogP contribution is 2.01. The number of sulfonamides is 1. The summed E-state index contributed by atoms with van der Waals surface area (Å²) in [5.74, 6) is 0.264. The summed E-state index contributed by atoms with van der Waals surface area (Å²) in [5.41, 5.74) is 0. The summed E-state index contributed by atoms with van der Waals surface area (Å²) in [4.78, 5) is 0. The lowest BCUT2D eigenvalue weighted by molar-refractivity contribution is 0.557. The maximum absolute atomic E-state index is 11.4. The predicted octanol–water partition coefficient (Wildman–Crippen LogP) is 0.490. The molecule has 6 heteroatoms. The molecule has 0 radical (unpaired) electrons. The molecule has 0 aromatic carbocycles. The first-order valence-corrected chi connectivity index (χ1v) is 6.50. The quantitative estimate of drug-likeness (QED) is 0.738. The molecule has 2 N–H and O–H groups in total. The highest BCUT2D eigenvalue weighted by atomic mass is 35.5. The summed E-state index contributed by atoms with van der Waals surface area (Å²) in [5, 5.41) is 3.12. The first kappa shape index (κ1) is 14.2. The molecule has 0 amide bonds. The van der Waals surface area contributed by atoms with Crippen molar-refractivity contribution in [2.24, 2.45) is 0 Å². The predicted molar refractivity (Wildman–Crippen MR) is 60.4 cm³/mol. The molecule has 1 rings (SSSR count). The summed E-state index contributed by atoms with van der Waals surface area (Å²) in [6, 6.07) is 0.113. The van der Waals surface area contributed by atoms with Gasteiger partial charge in [-0.25, -0.2) is 13.1 Å². The molecule has 0 bridgehead atoms. The lowest BCUT2D eigenvalue weighted by atomic mass is 10.3. The van der Waals surface area contributed by atoms with Gasteiger partial charge in [-0.15, -0.1) is 12.4 Å². The standard InChI is InChI=1S/C8H18N2O2S.ClH/c1-2-3-6-13(11,12)10-8-4-5-9-7-8;/h8-10H,2-7H2,1H3;1H/t8-;/m1./s1. The molecule has 0 aromatic heterocycles. The topological polar surface area (TPSA) is 58.2 Å². The van der Waals surface area contributed by atoms with Gasteiger partial charge in [0.25, 0.3) is 0 Å². The lowest BCUT2D eigenvalue weighted by Crippen LogP contribution is -2.37. The molecule has 1 aliphatic heterocycles. The second-order valence-corrected chi connectivity index (χ2v) is 5.35. The van der Waals surface area contributed by atoms with Crippen LogP contribution in [0.5, 0.6) is 0 Å². The summed E-state index contributed by atoms with van der Waals surface area (Å²) < 4.78 is 25.5. The molecule has 1 aliphatic rings. The number of unbranched alkanes of at least 4 members (excludes halogenated alkanes) is 1. The molecular weight excluding hydrogens is 224 g/mol. The van der Waals surface area contributed by atoms with E-state index in [9.17, 15) is 8.42 Å². The highest BCUT2D eigenvalue weighted by Gasteiger charge is 2.20. The van der Waals surface area contributed by atoms with Crippen LogP contribution in [0.1, 0.15) is 26.2 Å². The van der Waals surface area contributed by atoms with E-state index in [-0.39, 0.29) is 24.2 Å². The SMILES string of the molecule is CCCCS(=O)(=O)N[C@@H]1CCNC1.Cl. The highest BCUT2D eigenvalue weighted by molar-refractivity contribution is 7.89. The molecule has 0 aliphatic carbocycles. The third-order valence-electron chi connectivity index (χ3n) is 2.17. The fourth-order valence-electron chi connectivity index (χ4n) is 1.40. The van der Waals surface area contributed by atoms with Crippen LogP contribution in [0, 0.1) is 0 Å². The molecule has 1 fully saturated rings. The van der Waals surface area contributed by atoms with Crippen molar-refractivity contribution in [3.8, 4) is 0 Å². The molecule has 86 valence electrons. The van der Waals surface area contributed by atoms with Gasteiger partial charge in [0.1, 0.15) is 0 Å². The summed E-state index contributed by atoms with van der Waals surface area (Å²) in [7, 11) is -3.02. The Bertz CT molecular complexity index is 238. The van der Waals surface area contributed by atoms with E-state index in [4.69, 9.17) is 0 Å². The largest absolute Gasteiger partial charge is 0.315 e. The molecule has 1 saturated heterocycles. The Morgan fingerprint density at radius 2 is 2.21 bits per heavy atom. The van der Waals surface area contributed by atoms with E-state index in [0.717, 1.165) is 32.4 Å². The summed E-state index contributed by atoms with van der Waals surface area (Å²) in [6.07, 6.45) is 2.57. The van der Waals surface area contributed by atoms with E-state index < -0.39 is 10.0 Å². The van der Waals surface area contributed by atoms with Crippen molar-refractivity contribution in [1.29, 1.82) is 0 Å². The third kappa shape index (κ3) is 5.14. The second-order valence-electron chi connectivity index (χ2n) is 3.48. The van der Waals surface area contributed by atoms with Gasteiger partial charge < -0.3 is 5.32 Å². The molecule has 0 unspecified atom stereocenters. The molecule has 0 spiro atoms. The minimum atomic E-state index is -3.02. The van der Waals surface area contributed by atoms with E-state index in [0.29, 0.717) is 0 Å². The van der Waals surface area contributed by atoms with Crippen LogP contribution in [0.15, 0.2) is 0 Å². The molecule has 1 heterocycles. The Labute approximate surface area is 92.3 Å². The molecular formula is C8H19ClN2O2S. The zero-order valence-electron chi connectivity index (χ0n) is 8.45. The Kier molecular flexibility index (Phi) is 6.68. The van der Waals surface area contributed by atoms with Crippen LogP contribution in [-0.4, -0.2) is 33.3 Å². The van der Waals surface area contributed by atoms with E-state index >= 15 is 0 Å². The second kappa shape index (κ2) is 6.61. The van der Waals surface area contributed by atoms with Crippen LogP contribution in [0.3, 0.4) is 0 Å². The van der Waals surface area contributed by atoms with Crippen molar-refractivity contribution in [2.75, 3.05) is 18.8 Å². The van der Waals surface area contributed by atoms with E-state index in [1.54, 1.807) is 0 Å². The Morgan fingerprint density at radius 3 is 2.71 bits per heavy atom. The number of nitrogens with one attached hydrogen (secondary N) is 2. The lowest BCUT2D eigenvalue weighted by Gasteiger charge is -2.11. The summed E-state index contributed by atoms with van der Waals surface area (Å²) in [6.45, 7) is 3.68. The molecule has 0 aromatic rings. The van der Waals surface area contributed by atoms with Gasteiger partial charge in [-0.3, -0.25) is 0 Å². The minimum Gasteiger partial charge on any atom is -0.315 e. The Balaban J connectivity index is 0.00000169. The third-order valence-corrected chi connectivity index (χ3v) is 3.69. The van der Waals surface area contributed by atoms with Crippen LogP contribution < -0.4 is 10.0 Å². The van der Waals surface area contributed by atoms with Crippen molar-refractivity contribution in [3.05, 3.63) is 0 Å². The van der Waals surface area contributed by atoms with Crippen LogP contribution in [0.2, 0.25) is 0 Å². The number of rotatable bonds is 5. The van der Waals surface area contributed by atoms with Gasteiger partial charge in [-0.2, -0.15) is 0 Å². The van der Waals surface area contributed by atoms with Gasteiger partial charge in [0.15, 0.2) is 0 Å². The molecule has 4 nitrogen and oxygen atoms in total. The van der Waals surface area contributed by atoms with Crippen molar-refractivity contribution < 1.29 is 8.42 Å². The average molecular weight is 243 g/mol. The maximum atomic E-state index is 11.4. The molecule has 0 saturated carbocycles. The zero-order valence-corrected chi connectivity index (χ0v) is 10.1. The maximum Gasteiger partial charge on any atom is 0.211 e. The first-order valence-electron chi connectivity index (χ1n) is 4.85. The van der Waals surface area contributed by atoms with Crippen LogP contribution in [-0.2, 0) is 10.0 Å². The van der Waals surface area contributed by atoms with Crippen LogP contribution >= 0.6 is 12.4 Å². The van der Waals surface area contributed by atoms with Crippen molar-refractivity contribution in [3.63, 3.8) is 0 Å². The van der Waals surface area contributed by atoms with Crippen molar-refractivity contribution >= 4 is 22.4 Å². The zero-order chi connectivity index (χ0) is 9.73. The Morgan fingerprint density at radius 1 is 1.50 bits per heavy atom. The van der Waals surface area contributed by atoms with Crippen molar-refractivity contribution in [2.45, 2.75) is 32.2 Å². The van der Waals surface area contributed by atoms with E-state index in [1.165, 1.54) is 0 Å². The first-order chi connectivity index (χ1) is 6.14.